The third kappa shape index (κ3) is 10.0. The molecule has 2 aromatic rings. The van der Waals surface area contributed by atoms with Gasteiger partial charge in [-0.25, -0.2) is 9.78 Å². The van der Waals surface area contributed by atoms with E-state index in [4.69, 9.17) is 16.6 Å². The second-order valence-electron chi connectivity index (χ2n) is 11.6. The van der Waals surface area contributed by atoms with Gasteiger partial charge in [0.2, 0.25) is 0 Å². The predicted octanol–water partition coefficient (Wildman–Crippen LogP) is 9.24. The highest BCUT2D eigenvalue weighted by Crippen LogP contribution is 2.35. The van der Waals surface area contributed by atoms with Gasteiger partial charge in [0.15, 0.2) is 0 Å². The van der Waals surface area contributed by atoms with Crippen molar-refractivity contribution in [3.05, 3.63) is 93.3 Å². The van der Waals surface area contributed by atoms with Crippen LogP contribution in [0.5, 0.6) is 0 Å². The molecular weight excluding hydrogens is 618 g/mol. The van der Waals surface area contributed by atoms with Crippen molar-refractivity contribution in [1.29, 1.82) is 5.26 Å². The van der Waals surface area contributed by atoms with Crippen LogP contribution in [0, 0.1) is 18.3 Å². The maximum Gasteiger partial charge on any atom is 0.322 e. The number of halogens is 1. The first-order valence-electron chi connectivity index (χ1n) is 17.7. The first kappa shape index (κ1) is 38.5. The van der Waals surface area contributed by atoms with Crippen molar-refractivity contribution in [3.8, 4) is 6.07 Å². The number of hydrogen-bond acceptors (Lipinski definition) is 5. The molecule has 5 rings (SSSR count). The summed E-state index contributed by atoms with van der Waals surface area (Å²) in [7, 11) is 0. The lowest BCUT2D eigenvalue weighted by Crippen LogP contribution is -2.42. The lowest BCUT2D eigenvalue weighted by Gasteiger charge is -2.32. The Labute approximate surface area is 293 Å². The molecule has 1 fully saturated rings. The number of nitrogens with zero attached hydrogens (tertiary/aromatic N) is 6. The average molecular weight is 672 g/mol. The summed E-state index contributed by atoms with van der Waals surface area (Å²) >= 11 is 6.58. The molecule has 1 unspecified atom stereocenters. The molecule has 1 N–H and O–H groups in total. The van der Waals surface area contributed by atoms with Crippen LogP contribution >= 0.6 is 11.6 Å². The lowest BCUT2D eigenvalue weighted by molar-refractivity contribution is 0.188. The number of nitrogens with one attached hydrogen (secondary N) is 1. The summed E-state index contributed by atoms with van der Waals surface area (Å²) < 4.78 is 2.17. The molecule has 8 nitrogen and oxygen atoms in total. The quantitative estimate of drug-likeness (QED) is 0.297. The topological polar surface area (TPSA) is 89.6 Å². The maximum atomic E-state index is 13.4. The van der Waals surface area contributed by atoms with Gasteiger partial charge in [0.25, 0.3) is 0 Å². The molecule has 0 spiro atoms. The Balaban J connectivity index is 0.00000151. The number of carbonyl (C=O) groups is 1. The van der Waals surface area contributed by atoms with Gasteiger partial charge in [-0.1, -0.05) is 77.4 Å². The third-order valence-electron chi connectivity index (χ3n) is 8.65. The van der Waals surface area contributed by atoms with Crippen molar-refractivity contribution < 1.29 is 4.79 Å². The van der Waals surface area contributed by atoms with Crippen molar-refractivity contribution in [1.82, 2.24) is 24.7 Å². The molecule has 1 atom stereocenters. The Hall–Kier alpha value is -3.93. The Morgan fingerprint density at radius 3 is 2.65 bits per heavy atom. The Bertz CT molecular complexity index is 1570. The van der Waals surface area contributed by atoms with E-state index in [-0.39, 0.29) is 12.1 Å². The van der Waals surface area contributed by atoms with Gasteiger partial charge in [0.1, 0.15) is 5.82 Å². The molecule has 258 valence electrons. The van der Waals surface area contributed by atoms with Crippen molar-refractivity contribution in [2.24, 2.45) is 4.99 Å². The van der Waals surface area contributed by atoms with E-state index in [2.05, 4.69) is 57.9 Å². The van der Waals surface area contributed by atoms with Crippen LogP contribution in [0.2, 0.25) is 5.02 Å². The van der Waals surface area contributed by atoms with Gasteiger partial charge in [-0.05, 0) is 86.3 Å². The molecule has 1 aromatic carbocycles. The number of aliphatic imine (C=N–C) groups is 1. The van der Waals surface area contributed by atoms with E-state index in [9.17, 15) is 10.1 Å². The fraction of sp³-hybridized carbons (Fsp3) is 0.487. The fourth-order valence-corrected chi connectivity index (χ4v) is 6.39. The highest BCUT2D eigenvalue weighted by atomic mass is 35.5. The van der Waals surface area contributed by atoms with Crippen LogP contribution in [-0.4, -0.2) is 57.4 Å². The number of amides is 2. The first-order chi connectivity index (χ1) is 23.4. The molecule has 2 amide bonds. The van der Waals surface area contributed by atoms with Crippen LogP contribution in [0.3, 0.4) is 0 Å². The zero-order valence-electron chi connectivity index (χ0n) is 30.0. The Morgan fingerprint density at radius 2 is 1.96 bits per heavy atom. The van der Waals surface area contributed by atoms with Gasteiger partial charge in [-0.3, -0.25) is 9.89 Å². The summed E-state index contributed by atoms with van der Waals surface area (Å²) in [6.45, 7) is 17.0. The molecule has 1 aliphatic heterocycles. The van der Waals surface area contributed by atoms with Gasteiger partial charge >= 0.3 is 6.03 Å². The van der Waals surface area contributed by atoms with Crippen LogP contribution in [0.4, 0.5) is 4.79 Å². The van der Waals surface area contributed by atoms with Gasteiger partial charge in [-0.2, -0.15) is 5.26 Å². The summed E-state index contributed by atoms with van der Waals surface area (Å²) in [6, 6.07) is 8.40. The summed E-state index contributed by atoms with van der Waals surface area (Å²) in [5.74, 6) is 0.967. The van der Waals surface area contributed by atoms with Crippen LogP contribution in [0.1, 0.15) is 97.0 Å². The number of aryl methyl sites for hydroxylation is 1. The summed E-state index contributed by atoms with van der Waals surface area (Å²) in [6.07, 6.45) is 17.6. The number of aromatic nitrogens is 2. The number of benzene rings is 1. The number of carbonyl (C=O) groups excluding carboxylic acids is 1. The number of urea groups is 1. The normalized spacial score (nSPS) is 22.0. The first-order valence-corrected chi connectivity index (χ1v) is 18.1. The van der Waals surface area contributed by atoms with E-state index in [1.165, 1.54) is 16.7 Å². The highest BCUT2D eigenvalue weighted by molar-refractivity contribution is 6.30. The summed E-state index contributed by atoms with van der Waals surface area (Å²) in [4.78, 5) is 27.2. The second-order valence-corrected chi connectivity index (χ2v) is 12.0. The molecule has 0 saturated carbocycles. The van der Waals surface area contributed by atoms with Gasteiger partial charge in [0.05, 0.1) is 24.5 Å². The Morgan fingerprint density at radius 1 is 1.17 bits per heavy atom. The van der Waals surface area contributed by atoms with Crippen LogP contribution in [-0.2, 0) is 13.0 Å². The molecule has 48 heavy (non-hydrogen) atoms. The standard InChI is InChI=1S/C35H42ClN7O.2C2H6/c1-4-14-39-34-27(5-2)19-29(23-41-16-15-38-25(41)3)32-21-30(36)13-12-28(32)20-33(34)42-17-18-43(24-42)35(44)40-31-10-6-8-26(22-37)9-7-11-31;2*1-2/h8,10,12-16,19,21,33H,4-7,9,11,17-18,20,23-24H2,1-3H3,(H,40,44);2*1-2H3/b26-8?,29-19-,31-10+,34-27+,39-14?;;. The van der Waals surface area contributed by atoms with Crippen LogP contribution < -0.4 is 5.32 Å². The minimum Gasteiger partial charge on any atom is -0.331 e. The number of rotatable bonds is 7. The number of fused-ring (bicyclic) bond motifs is 1. The SMILES string of the molecule is CC.CC.CCC=N/C1=C(CC)/C=C(/Cn2ccnc2C)c2cc(Cl)ccc2CC1N1CCN(C(=O)N/C2=C/CC=C(C#N)CCC2)C1. The lowest BCUT2D eigenvalue weighted by atomic mass is 9.87. The number of imidazole rings is 1. The molecule has 3 aliphatic rings. The van der Waals surface area contributed by atoms with Crippen molar-refractivity contribution in [2.75, 3.05) is 19.8 Å². The monoisotopic (exact) mass is 671 g/mol. The van der Waals surface area contributed by atoms with Gasteiger partial charge in [-0.15, -0.1) is 0 Å². The predicted molar refractivity (Wildman–Crippen MR) is 200 cm³/mol. The largest absolute Gasteiger partial charge is 0.331 e. The smallest absolute Gasteiger partial charge is 0.322 e. The van der Waals surface area contributed by atoms with E-state index in [1.54, 1.807) is 0 Å². The molecule has 2 aliphatic carbocycles. The van der Waals surface area contributed by atoms with Crippen LogP contribution in [0.25, 0.3) is 5.57 Å². The summed E-state index contributed by atoms with van der Waals surface area (Å²) in [5.41, 5.74) is 7.59. The third-order valence-corrected chi connectivity index (χ3v) is 8.89. The van der Waals surface area contributed by atoms with E-state index in [0.717, 1.165) is 73.4 Å². The maximum absolute atomic E-state index is 13.4. The number of hydrogen-bond donors (Lipinski definition) is 1. The van der Waals surface area contributed by atoms with E-state index < -0.39 is 0 Å². The van der Waals surface area contributed by atoms with Crippen molar-refractivity contribution >= 4 is 29.4 Å². The molecule has 9 heteroatoms. The minimum absolute atomic E-state index is 0.00778. The average Bonchev–Trinajstić information content (AvgIpc) is 3.75. The molecule has 0 radical (unpaired) electrons. The molecular formula is C39H54ClN7O. The summed E-state index contributed by atoms with van der Waals surface area (Å²) in [5, 5.41) is 13.1. The fourth-order valence-electron chi connectivity index (χ4n) is 6.21. The number of nitriles is 1. The van der Waals surface area contributed by atoms with E-state index >= 15 is 0 Å². The zero-order chi connectivity index (χ0) is 35.1. The molecule has 0 bridgehead atoms. The van der Waals surface area contributed by atoms with Crippen molar-refractivity contribution in [2.45, 2.75) is 106 Å². The van der Waals surface area contributed by atoms with Crippen LogP contribution in [0.15, 0.2) is 76.4 Å². The molecule has 1 saturated heterocycles. The highest BCUT2D eigenvalue weighted by Gasteiger charge is 2.34. The second kappa shape index (κ2) is 19.8. The molecule has 2 heterocycles. The Kier molecular flexibility index (Phi) is 15.9. The van der Waals surface area contributed by atoms with E-state index in [1.807, 2.05) is 76.3 Å². The minimum atomic E-state index is -0.0713. The van der Waals surface area contributed by atoms with Crippen molar-refractivity contribution in [3.63, 3.8) is 0 Å². The molecule has 1 aromatic heterocycles. The van der Waals surface area contributed by atoms with Gasteiger partial charge in [0, 0.05) is 54.5 Å². The number of allylic oxidation sites excluding steroid dienone is 7. The van der Waals surface area contributed by atoms with Gasteiger partial charge < -0.3 is 14.8 Å². The van der Waals surface area contributed by atoms with E-state index in [0.29, 0.717) is 31.2 Å². The zero-order valence-corrected chi connectivity index (χ0v) is 30.8.